The van der Waals surface area contributed by atoms with Crippen molar-refractivity contribution in [3.63, 3.8) is 0 Å². The van der Waals surface area contributed by atoms with Gasteiger partial charge in [0.05, 0.1) is 6.10 Å². The number of nitrogens with zero attached hydrogens (tertiary/aromatic N) is 1. The number of hydrogen-bond acceptors (Lipinski definition) is 4. The minimum atomic E-state index is -0.678. The molecule has 2 atom stereocenters. The van der Waals surface area contributed by atoms with E-state index < -0.39 is 18.1 Å². The van der Waals surface area contributed by atoms with E-state index in [9.17, 15) is 14.7 Å². The molecule has 1 amide bonds. The van der Waals surface area contributed by atoms with Gasteiger partial charge in [0.15, 0.2) is 0 Å². The molecular weight excluding hydrogens is 318 g/mol. The molecule has 0 saturated carbocycles. The third kappa shape index (κ3) is 5.30. The molecule has 138 valence electrons. The van der Waals surface area contributed by atoms with E-state index in [-0.39, 0.29) is 31.4 Å². The van der Waals surface area contributed by atoms with Crippen molar-refractivity contribution in [1.82, 2.24) is 4.90 Å². The fraction of sp³-hybridized carbons (Fsp3) is 0.600. The molecule has 25 heavy (non-hydrogen) atoms. The summed E-state index contributed by atoms with van der Waals surface area (Å²) in [5.74, 6) is -0.535. The van der Waals surface area contributed by atoms with Crippen molar-refractivity contribution in [2.75, 3.05) is 6.54 Å². The van der Waals surface area contributed by atoms with Gasteiger partial charge in [0.1, 0.15) is 12.6 Å². The van der Waals surface area contributed by atoms with Gasteiger partial charge < -0.3 is 14.7 Å². The van der Waals surface area contributed by atoms with Crippen molar-refractivity contribution in [3.05, 3.63) is 35.9 Å². The Morgan fingerprint density at radius 1 is 1.20 bits per heavy atom. The van der Waals surface area contributed by atoms with Crippen LogP contribution in [0.3, 0.4) is 0 Å². The van der Waals surface area contributed by atoms with Gasteiger partial charge in [-0.05, 0) is 18.4 Å². The highest BCUT2D eigenvalue weighted by atomic mass is 16.5. The van der Waals surface area contributed by atoms with E-state index in [2.05, 4.69) is 13.8 Å². The number of carbonyl (C=O) groups is 2. The van der Waals surface area contributed by atoms with Gasteiger partial charge in [-0.2, -0.15) is 0 Å². The maximum Gasteiger partial charge on any atom is 0.329 e. The number of benzene rings is 1. The Bertz CT molecular complexity index is 554. The Balaban J connectivity index is 2.01. The summed E-state index contributed by atoms with van der Waals surface area (Å²) in [6.45, 7) is 4.51. The van der Waals surface area contributed by atoms with Gasteiger partial charge in [-0.1, -0.05) is 57.0 Å². The average Bonchev–Trinajstić information content (AvgIpc) is 3.01. The summed E-state index contributed by atoms with van der Waals surface area (Å²) in [7, 11) is 0. The molecule has 0 unspecified atom stereocenters. The summed E-state index contributed by atoms with van der Waals surface area (Å²) in [4.78, 5) is 26.9. The molecule has 1 N–H and O–H groups in total. The number of amides is 1. The molecular formula is C20H29NO4. The Hall–Kier alpha value is -1.88. The van der Waals surface area contributed by atoms with Gasteiger partial charge >= 0.3 is 5.97 Å². The van der Waals surface area contributed by atoms with Crippen LogP contribution in [0.2, 0.25) is 0 Å². The van der Waals surface area contributed by atoms with Crippen molar-refractivity contribution in [1.29, 1.82) is 0 Å². The van der Waals surface area contributed by atoms with E-state index in [1.165, 1.54) is 4.90 Å². The topological polar surface area (TPSA) is 66.8 Å². The molecule has 0 spiro atoms. The predicted octanol–water partition coefficient (Wildman–Crippen LogP) is 2.91. The number of ether oxygens (including phenoxy) is 1. The lowest BCUT2D eigenvalue weighted by Gasteiger charge is -2.27. The van der Waals surface area contributed by atoms with Gasteiger partial charge in [0.25, 0.3) is 0 Å². The van der Waals surface area contributed by atoms with Crippen LogP contribution >= 0.6 is 0 Å². The number of aliphatic hydroxyl groups excluding tert-OH is 1. The second-order valence-corrected chi connectivity index (χ2v) is 6.76. The molecule has 1 aromatic rings. The largest absolute Gasteiger partial charge is 0.459 e. The van der Waals surface area contributed by atoms with Crippen LogP contribution < -0.4 is 0 Å². The molecule has 0 radical (unpaired) electrons. The Morgan fingerprint density at radius 3 is 2.44 bits per heavy atom. The van der Waals surface area contributed by atoms with Crippen LogP contribution in [0.5, 0.6) is 0 Å². The number of rotatable bonds is 8. The summed E-state index contributed by atoms with van der Waals surface area (Å²) >= 11 is 0. The van der Waals surface area contributed by atoms with E-state index in [1.54, 1.807) is 0 Å². The van der Waals surface area contributed by atoms with E-state index in [0.717, 1.165) is 31.2 Å². The number of carbonyl (C=O) groups excluding carboxylic acids is 2. The van der Waals surface area contributed by atoms with E-state index in [4.69, 9.17) is 4.74 Å². The van der Waals surface area contributed by atoms with Crippen LogP contribution in [-0.4, -0.2) is 40.6 Å². The van der Waals surface area contributed by atoms with Crippen LogP contribution in [0.25, 0.3) is 0 Å². The molecule has 1 heterocycles. The Kier molecular flexibility index (Phi) is 7.44. The number of aliphatic hydroxyl groups is 1. The van der Waals surface area contributed by atoms with Crippen LogP contribution in [0.1, 0.15) is 51.5 Å². The summed E-state index contributed by atoms with van der Waals surface area (Å²) in [5, 5.41) is 9.99. The lowest BCUT2D eigenvalue weighted by atomic mass is 9.96. The quantitative estimate of drug-likeness (QED) is 0.734. The third-order valence-corrected chi connectivity index (χ3v) is 4.68. The predicted molar refractivity (Wildman–Crippen MR) is 95.7 cm³/mol. The van der Waals surface area contributed by atoms with Crippen molar-refractivity contribution >= 4 is 11.9 Å². The van der Waals surface area contributed by atoms with E-state index in [1.807, 2.05) is 30.3 Å². The molecule has 0 bridgehead atoms. The molecule has 1 aromatic carbocycles. The number of hydrogen-bond donors (Lipinski definition) is 1. The molecule has 1 aliphatic heterocycles. The molecule has 5 nitrogen and oxygen atoms in total. The monoisotopic (exact) mass is 347 g/mol. The summed E-state index contributed by atoms with van der Waals surface area (Å²) in [6, 6.07) is 8.77. The Morgan fingerprint density at radius 2 is 1.84 bits per heavy atom. The summed E-state index contributed by atoms with van der Waals surface area (Å²) in [6.07, 6.45) is 3.06. The maximum atomic E-state index is 12.9. The zero-order valence-corrected chi connectivity index (χ0v) is 15.2. The number of esters is 1. The van der Waals surface area contributed by atoms with Crippen LogP contribution in [0.15, 0.2) is 30.3 Å². The van der Waals surface area contributed by atoms with Gasteiger partial charge in [0.2, 0.25) is 5.91 Å². The Labute approximate surface area is 150 Å². The van der Waals surface area contributed by atoms with E-state index >= 15 is 0 Å². The second kappa shape index (κ2) is 9.56. The zero-order chi connectivity index (χ0) is 18.2. The van der Waals surface area contributed by atoms with Crippen LogP contribution in [-0.2, 0) is 20.9 Å². The molecule has 1 aliphatic rings. The zero-order valence-electron chi connectivity index (χ0n) is 15.2. The maximum absolute atomic E-state index is 12.9. The highest BCUT2D eigenvalue weighted by Crippen LogP contribution is 2.25. The third-order valence-electron chi connectivity index (χ3n) is 4.68. The van der Waals surface area contributed by atoms with Crippen LogP contribution in [0, 0.1) is 5.92 Å². The minimum Gasteiger partial charge on any atom is -0.459 e. The highest BCUT2D eigenvalue weighted by Gasteiger charge is 2.41. The SMILES string of the molecule is CCCC(CCC)C(=O)N1C[C@H](O)C[C@H]1C(=O)OCc1ccccc1. The first-order valence-electron chi connectivity index (χ1n) is 9.25. The molecule has 1 saturated heterocycles. The first kappa shape index (κ1) is 19.4. The molecule has 1 fully saturated rings. The van der Waals surface area contributed by atoms with Gasteiger partial charge in [-0.3, -0.25) is 4.79 Å². The first-order chi connectivity index (χ1) is 12.1. The van der Waals surface area contributed by atoms with E-state index in [0.29, 0.717) is 0 Å². The first-order valence-corrected chi connectivity index (χ1v) is 9.25. The fourth-order valence-electron chi connectivity index (χ4n) is 3.43. The standard InChI is InChI=1S/C20H29NO4/c1-3-8-16(9-4-2)19(23)21-13-17(22)12-18(21)20(24)25-14-15-10-6-5-7-11-15/h5-7,10-11,16-18,22H,3-4,8-9,12-14H2,1-2H3/t17-,18+/m1/s1. The summed E-state index contributed by atoms with van der Waals surface area (Å²) < 4.78 is 5.40. The molecule has 0 aromatic heterocycles. The molecule has 0 aliphatic carbocycles. The van der Waals surface area contributed by atoms with Gasteiger partial charge in [-0.25, -0.2) is 4.79 Å². The number of β-amino-alcohol motifs (C(OH)–C–C–N with tert-alkyl or cyclic N) is 1. The van der Waals surface area contributed by atoms with Crippen LogP contribution in [0.4, 0.5) is 0 Å². The lowest BCUT2D eigenvalue weighted by molar-refractivity contribution is -0.155. The van der Waals surface area contributed by atoms with Gasteiger partial charge in [-0.15, -0.1) is 0 Å². The lowest BCUT2D eigenvalue weighted by Crippen LogP contribution is -2.44. The fourth-order valence-corrected chi connectivity index (χ4v) is 3.43. The van der Waals surface area contributed by atoms with Gasteiger partial charge in [0, 0.05) is 18.9 Å². The smallest absolute Gasteiger partial charge is 0.329 e. The van der Waals surface area contributed by atoms with Crippen molar-refractivity contribution in [2.24, 2.45) is 5.92 Å². The highest BCUT2D eigenvalue weighted by molar-refractivity contribution is 5.86. The summed E-state index contributed by atoms with van der Waals surface area (Å²) in [5.41, 5.74) is 0.905. The molecule has 5 heteroatoms. The number of likely N-dealkylation sites (tertiary alicyclic amines) is 1. The van der Waals surface area contributed by atoms with Crippen molar-refractivity contribution in [3.8, 4) is 0 Å². The molecule has 2 rings (SSSR count). The van der Waals surface area contributed by atoms with Crippen molar-refractivity contribution in [2.45, 2.75) is 64.7 Å². The normalized spacial score (nSPS) is 20.1. The average molecular weight is 347 g/mol. The second-order valence-electron chi connectivity index (χ2n) is 6.76. The minimum absolute atomic E-state index is 0.0260. The van der Waals surface area contributed by atoms with Crippen molar-refractivity contribution < 1.29 is 19.4 Å².